The normalized spacial score (nSPS) is 13.9. The van der Waals surface area contributed by atoms with Gasteiger partial charge >= 0.3 is 11.9 Å². The number of aliphatic carboxylic acids is 2. The van der Waals surface area contributed by atoms with Gasteiger partial charge in [-0.1, -0.05) is 6.42 Å². The average Bonchev–Trinajstić information content (AvgIpc) is 2.57. The topological polar surface area (TPSA) is 136 Å². The summed E-state index contributed by atoms with van der Waals surface area (Å²) < 4.78 is 16.1. The highest BCUT2D eigenvalue weighted by Gasteiger charge is 2.33. The number of carboxylic acids is 2. The van der Waals surface area contributed by atoms with Crippen molar-refractivity contribution in [3.63, 3.8) is 0 Å². The minimum atomic E-state index is -2.03. The predicted molar refractivity (Wildman–Crippen MR) is 110 cm³/mol. The van der Waals surface area contributed by atoms with Crippen LogP contribution in [0.5, 0.6) is 0 Å². The molecule has 0 aromatic rings. The molecule has 2 N–H and O–H groups in total. The first-order valence-corrected chi connectivity index (χ1v) is 15.9. The summed E-state index contributed by atoms with van der Waals surface area (Å²) in [5, 5.41) is 18.0. The third-order valence-electron chi connectivity index (χ3n) is 4.56. The van der Waals surface area contributed by atoms with Gasteiger partial charge in [-0.25, -0.2) is 0 Å². The highest BCUT2D eigenvalue weighted by atomic mass is 28.4. The molecule has 0 fully saturated rings. The Kier molecular flexibility index (Phi) is 12.7. The molecule has 29 heavy (non-hydrogen) atoms. The summed E-state index contributed by atoms with van der Waals surface area (Å²) in [5.74, 6) is -3.05. The summed E-state index contributed by atoms with van der Waals surface area (Å²) in [7, 11) is -4.02. The smallest absolute Gasteiger partial charge is 0.307 e. The first-order chi connectivity index (χ1) is 13.4. The van der Waals surface area contributed by atoms with Crippen LogP contribution >= 0.6 is 0 Å². The SMILES string of the molecule is C[Si](C)(CCCC(COC=O)OC=O)O[Si](C)(C)CCCC(CC(=O)O)C(=O)O. The standard InChI is InChI=1S/C18H34O9Si2/c1-28(2,9-5-7-15(18(23)24)11-17(21)22)27-29(3,4)10-6-8-16(26-14-20)12-25-13-19/h13-16H,5-12H2,1-4H3,(H,21,22)(H,23,24). The maximum atomic E-state index is 11.2. The van der Waals surface area contributed by atoms with E-state index in [2.05, 4.69) is 30.9 Å². The molecule has 0 saturated heterocycles. The maximum absolute atomic E-state index is 11.2. The van der Waals surface area contributed by atoms with Crippen LogP contribution in [0.25, 0.3) is 0 Å². The van der Waals surface area contributed by atoms with E-state index in [-0.39, 0.29) is 13.0 Å². The summed E-state index contributed by atoms with van der Waals surface area (Å²) in [4.78, 5) is 42.8. The molecule has 9 nitrogen and oxygen atoms in total. The van der Waals surface area contributed by atoms with Gasteiger partial charge < -0.3 is 23.8 Å². The van der Waals surface area contributed by atoms with Gasteiger partial charge in [-0.3, -0.25) is 19.2 Å². The number of rotatable bonds is 18. The highest BCUT2D eigenvalue weighted by Crippen LogP contribution is 2.26. The van der Waals surface area contributed by atoms with Crippen LogP contribution in [-0.4, -0.2) is 64.4 Å². The fourth-order valence-electron chi connectivity index (χ4n) is 3.32. The van der Waals surface area contributed by atoms with E-state index in [0.29, 0.717) is 32.2 Å². The van der Waals surface area contributed by atoms with E-state index in [1.807, 2.05) is 0 Å². The highest BCUT2D eigenvalue weighted by molar-refractivity contribution is 6.84. The van der Waals surface area contributed by atoms with Gasteiger partial charge in [0.2, 0.25) is 0 Å². The van der Waals surface area contributed by atoms with E-state index in [1.165, 1.54) is 0 Å². The Labute approximate surface area is 174 Å². The molecule has 2 atom stereocenters. The molecule has 0 aliphatic rings. The molecular weight excluding hydrogens is 416 g/mol. The van der Waals surface area contributed by atoms with E-state index in [4.69, 9.17) is 19.1 Å². The van der Waals surface area contributed by atoms with Gasteiger partial charge in [0.1, 0.15) is 12.7 Å². The fraction of sp³-hybridized carbons (Fsp3) is 0.778. The summed E-state index contributed by atoms with van der Waals surface area (Å²) in [5.41, 5.74) is 0. The van der Waals surface area contributed by atoms with Crippen molar-refractivity contribution in [2.75, 3.05) is 6.61 Å². The van der Waals surface area contributed by atoms with Crippen LogP contribution in [0.15, 0.2) is 0 Å². The molecule has 0 radical (unpaired) electrons. The van der Waals surface area contributed by atoms with Crippen LogP contribution in [0.1, 0.15) is 32.1 Å². The van der Waals surface area contributed by atoms with Crippen molar-refractivity contribution in [2.45, 2.75) is 76.5 Å². The molecule has 0 spiro atoms. The average molecular weight is 451 g/mol. The Morgan fingerprint density at radius 3 is 1.93 bits per heavy atom. The van der Waals surface area contributed by atoms with Crippen LogP contribution in [0.3, 0.4) is 0 Å². The van der Waals surface area contributed by atoms with Gasteiger partial charge in [-0.2, -0.15) is 0 Å². The molecule has 0 rings (SSSR count). The van der Waals surface area contributed by atoms with Crippen molar-refractivity contribution in [1.82, 2.24) is 0 Å². The molecule has 168 valence electrons. The van der Waals surface area contributed by atoms with Gasteiger partial charge in [0.15, 0.2) is 16.6 Å². The Morgan fingerprint density at radius 1 is 0.931 bits per heavy atom. The van der Waals surface area contributed by atoms with Crippen LogP contribution in [0.2, 0.25) is 38.3 Å². The third-order valence-corrected chi connectivity index (χ3v) is 12.1. The first-order valence-electron chi connectivity index (χ1n) is 9.71. The fourth-order valence-corrected chi connectivity index (χ4v) is 12.2. The van der Waals surface area contributed by atoms with Crippen molar-refractivity contribution < 1.29 is 43.0 Å². The number of carbonyl (C=O) groups excluding carboxylic acids is 2. The minimum Gasteiger partial charge on any atom is -0.481 e. The lowest BCUT2D eigenvalue weighted by atomic mass is 10.0. The second kappa shape index (κ2) is 13.5. The number of hydrogen-bond donors (Lipinski definition) is 2. The number of carboxylic acid groups (broad SMARTS) is 2. The lowest BCUT2D eigenvalue weighted by Crippen LogP contribution is -2.44. The van der Waals surface area contributed by atoms with Crippen molar-refractivity contribution in [3.05, 3.63) is 0 Å². The Hall–Kier alpha value is -1.73. The molecule has 0 aliphatic heterocycles. The number of carbonyl (C=O) groups is 4. The van der Waals surface area contributed by atoms with Gasteiger partial charge in [0.05, 0.1) is 12.3 Å². The number of hydrogen-bond acceptors (Lipinski definition) is 7. The molecule has 2 unspecified atom stereocenters. The number of ether oxygens (including phenoxy) is 2. The molecular formula is C18H34O9Si2. The van der Waals surface area contributed by atoms with Crippen molar-refractivity contribution in [1.29, 1.82) is 0 Å². The molecule has 0 aromatic heterocycles. The second-order valence-electron chi connectivity index (χ2n) is 8.32. The van der Waals surface area contributed by atoms with E-state index in [9.17, 15) is 19.2 Å². The third kappa shape index (κ3) is 14.0. The van der Waals surface area contributed by atoms with E-state index >= 15 is 0 Å². The second-order valence-corrected chi connectivity index (χ2v) is 17.2. The van der Waals surface area contributed by atoms with Crippen LogP contribution in [0.4, 0.5) is 0 Å². The predicted octanol–water partition coefficient (Wildman–Crippen LogP) is 2.86. The van der Waals surface area contributed by atoms with Gasteiger partial charge in [-0.05, 0) is 57.5 Å². The van der Waals surface area contributed by atoms with Crippen LogP contribution in [0, 0.1) is 5.92 Å². The van der Waals surface area contributed by atoms with E-state index < -0.39 is 40.6 Å². The zero-order valence-corrected chi connectivity index (χ0v) is 19.7. The minimum absolute atomic E-state index is 0.0341. The van der Waals surface area contributed by atoms with Gasteiger partial charge in [-0.15, -0.1) is 0 Å². The molecule has 0 aromatic carbocycles. The Morgan fingerprint density at radius 2 is 1.48 bits per heavy atom. The summed E-state index contributed by atoms with van der Waals surface area (Å²) in [6.07, 6.45) is 1.45. The summed E-state index contributed by atoms with van der Waals surface area (Å²) >= 11 is 0. The quantitative estimate of drug-likeness (QED) is 0.238. The maximum Gasteiger partial charge on any atom is 0.307 e. The monoisotopic (exact) mass is 450 g/mol. The van der Waals surface area contributed by atoms with Crippen molar-refractivity contribution >= 4 is 41.5 Å². The molecule has 0 bridgehead atoms. The first kappa shape index (κ1) is 27.3. The largest absolute Gasteiger partial charge is 0.481 e. The zero-order chi connectivity index (χ0) is 22.5. The van der Waals surface area contributed by atoms with E-state index in [0.717, 1.165) is 18.5 Å². The molecule has 0 amide bonds. The zero-order valence-electron chi connectivity index (χ0n) is 17.7. The summed E-state index contributed by atoms with van der Waals surface area (Å²) in [6, 6.07) is 1.61. The van der Waals surface area contributed by atoms with Crippen molar-refractivity contribution in [2.24, 2.45) is 5.92 Å². The van der Waals surface area contributed by atoms with Gasteiger partial charge in [0, 0.05) is 0 Å². The molecule has 11 heteroatoms. The van der Waals surface area contributed by atoms with Crippen molar-refractivity contribution in [3.8, 4) is 0 Å². The van der Waals surface area contributed by atoms with Crippen LogP contribution < -0.4 is 0 Å². The molecule has 0 saturated carbocycles. The lowest BCUT2D eigenvalue weighted by Gasteiger charge is -2.34. The summed E-state index contributed by atoms with van der Waals surface area (Å²) in [6.45, 7) is 9.11. The Bertz CT molecular complexity index is 537. The molecule has 0 heterocycles. The lowest BCUT2D eigenvalue weighted by molar-refractivity contribution is -0.148. The van der Waals surface area contributed by atoms with Gasteiger partial charge in [0.25, 0.3) is 12.9 Å². The van der Waals surface area contributed by atoms with E-state index in [1.54, 1.807) is 0 Å². The Balaban J connectivity index is 4.47. The molecule has 0 aliphatic carbocycles. The van der Waals surface area contributed by atoms with Crippen LogP contribution in [-0.2, 0) is 32.8 Å².